The Bertz CT molecular complexity index is 453. The third kappa shape index (κ3) is 3.80. The maximum Gasteiger partial charge on any atom is 0.0872 e. The highest BCUT2D eigenvalue weighted by Gasteiger charge is 2.39. The van der Waals surface area contributed by atoms with E-state index in [1.807, 2.05) is 14.0 Å². The van der Waals surface area contributed by atoms with E-state index in [-0.39, 0.29) is 11.6 Å². The molecule has 1 atom stereocenters. The summed E-state index contributed by atoms with van der Waals surface area (Å²) < 4.78 is 6.09. The van der Waals surface area contributed by atoms with Gasteiger partial charge in [-0.25, -0.2) is 0 Å². The molecule has 3 heteroatoms. The van der Waals surface area contributed by atoms with Gasteiger partial charge in [-0.2, -0.15) is 0 Å². The standard InChI is InChI=1S/C18H28ClNO/c1-4-20-17(15-10-9-14(2)16(19)13-15)18(21-3)11-7-5-6-8-12-18/h9-10,13,17,20H,4-8,11-12H2,1-3H3. The number of rotatable bonds is 5. The first kappa shape index (κ1) is 16.8. The molecule has 2 rings (SSSR count). The summed E-state index contributed by atoms with van der Waals surface area (Å²) in [5.41, 5.74) is 2.27. The summed E-state index contributed by atoms with van der Waals surface area (Å²) in [7, 11) is 1.87. The first-order valence-electron chi connectivity index (χ1n) is 8.17. The quantitative estimate of drug-likeness (QED) is 0.769. The van der Waals surface area contributed by atoms with E-state index in [0.717, 1.165) is 30.0 Å². The summed E-state index contributed by atoms with van der Waals surface area (Å²) in [5, 5.41) is 4.49. The molecule has 1 saturated carbocycles. The molecule has 0 radical (unpaired) electrons. The van der Waals surface area contributed by atoms with E-state index in [4.69, 9.17) is 16.3 Å². The van der Waals surface area contributed by atoms with Gasteiger partial charge < -0.3 is 10.1 Å². The smallest absolute Gasteiger partial charge is 0.0872 e. The summed E-state index contributed by atoms with van der Waals surface area (Å²) in [4.78, 5) is 0. The Labute approximate surface area is 134 Å². The maximum atomic E-state index is 6.35. The highest BCUT2D eigenvalue weighted by molar-refractivity contribution is 6.31. The SMILES string of the molecule is CCNC(c1ccc(C)c(Cl)c1)C1(OC)CCCCCC1. The van der Waals surface area contributed by atoms with Crippen molar-refractivity contribution in [3.05, 3.63) is 34.3 Å². The minimum Gasteiger partial charge on any atom is -0.376 e. The Hall–Kier alpha value is -0.570. The maximum absolute atomic E-state index is 6.35. The lowest BCUT2D eigenvalue weighted by molar-refractivity contribution is -0.0537. The zero-order valence-electron chi connectivity index (χ0n) is 13.5. The predicted octanol–water partition coefficient (Wildman–Crippen LogP) is 5.04. The van der Waals surface area contributed by atoms with Crippen LogP contribution in [-0.2, 0) is 4.74 Å². The van der Waals surface area contributed by atoms with Gasteiger partial charge in [0.05, 0.1) is 11.6 Å². The second kappa shape index (κ2) is 7.62. The van der Waals surface area contributed by atoms with E-state index in [1.165, 1.54) is 31.2 Å². The van der Waals surface area contributed by atoms with Crippen LogP contribution in [-0.4, -0.2) is 19.3 Å². The number of hydrogen-bond acceptors (Lipinski definition) is 2. The van der Waals surface area contributed by atoms with E-state index in [1.54, 1.807) is 0 Å². The van der Waals surface area contributed by atoms with Crippen LogP contribution in [0.3, 0.4) is 0 Å². The summed E-state index contributed by atoms with van der Waals surface area (Å²) in [6.07, 6.45) is 7.36. The minimum atomic E-state index is -0.106. The lowest BCUT2D eigenvalue weighted by Crippen LogP contribution is -2.45. The van der Waals surface area contributed by atoms with Crippen molar-refractivity contribution in [2.75, 3.05) is 13.7 Å². The van der Waals surface area contributed by atoms with Crippen LogP contribution in [0.15, 0.2) is 18.2 Å². The third-order valence-electron chi connectivity index (χ3n) is 4.82. The topological polar surface area (TPSA) is 21.3 Å². The fourth-order valence-corrected chi connectivity index (χ4v) is 3.73. The molecule has 1 fully saturated rings. The number of ether oxygens (including phenoxy) is 1. The molecule has 0 spiro atoms. The van der Waals surface area contributed by atoms with Crippen molar-refractivity contribution in [3.8, 4) is 0 Å². The van der Waals surface area contributed by atoms with Gasteiger partial charge in [0.2, 0.25) is 0 Å². The van der Waals surface area contributed by atoms with Crippen molar-refractivity contribution in [1.82, 2.24) is 5.32 Å². The molecule has 1 unspecified atom stereocenters. The molecule has 0 aliphatic heterocycles. The van der Waals surface area contributed by atoms with Gasteiger partial charge in [-0.15, -0.1) is 0 Å². The van der Waals surface area contributed by atoms with Crippen molar-refractivity contribution in [2.45, 2.75) is 64.0 Å². The Morgan fingerprint density at radius 1 is 1.24 bits per heavy atom. The van der Waals surface area contributed by atoms with Crippen molar-refractivity contribution in [1.29, 1.82) is 0 Å². The number of halogens is 1. The van der Waals surface area contributed by atoms with Gasteiger partial charge in [0.25, 0.3) is 0 Å². The number of likely N-dealkylation sites (N-methyl/N-ethyl adjacent to an activating group) is 1. The fraction of sp³-hybridized carbons (Fsp3) is 0.667. The number of benzene rings is 1. The zero-order valence-corrected chi connectivity index (χ0v) is 14.3. The van der Waals surface area contributed by atoms with Crippen molar-refractivity contribution in [2.24, 2.45) is 0 Å². The number of hydrogen-bond donors (Lipinski definition) is 1. The first-order valence-corrected chi connectivity index (χ1v) is 8.55. The van der Waals surface area contributed by atoms with Gasteiger partial charge in [0.1, 0.15) is 0 Å². The molecule has 0 saturated heterocycles. The molecule has 0 aromatic heterocycles. The second-order valence-corrected chi connectivity index (χ2v) is 6.59. The average Bonchev–Trinajstić information content (AvgIpc) is 2.74. The van der Waals surface area contributed by atoms with Crippen LogP contribution in [0.1, 0.15) is 62.6 Å². The average molecular weight is 310 g/mol. The van der Waals surface area contributed by atoms with Crippen molar-refractivity contribution < 1.29 is 4.74 Å². The summed E-state index contributed by atoms with van der Waals surface area (Å²) >= 11 is 6.35. The van der Waals surface area contributed by atoms with Crippen LogP contribution >= 0.6 is 11.6 Å². The fourth-order valence-electron chi connectivity index (χ4n) is 3.54. The lowest BCUT2D eigenvalue weighted by atomic mass is 9.82. The number of methoxy groups -OCH3 is 1. The minimum absolute atomic E-state index is 0.106. The molecule has 118 valence electrons. The van der Waals surface area contributed by atoms with Gasteiger partial charge >= 0.3 is 0 Å². The summed E-state index contributed by atoms with van der Waals surface area (Å²) in [5.74, 6) is 0. The molecule has 2 nitrogen and oxygen atoms in total. The normalized spacial score (nSPS) is 20.0. The van der Waals surface area contributed by atoms with Crippen LogP contribution in [0, 0.1) is 6.92 Å². The van der Waals surface area contributed by atoms with E-state index < -0.39 is 0 Å². The summed E-state index contributed by atoms with van der Waals surface area (Å²) in [6, 6.07) is 6.63. The van der Waals surface area contributed by atoms with Gasteiger partial charge in [-0.1, -0.05) is 56.3 Å². The predicted molar refractivity (Wildman–Crippen MR) is 90.0 cm³/mol. The Morgan fingerprint density at radius 3 is 2.43 bits per heavy atom. The third-order valence-corrected chi connectivity index (χ3v) is 5.23. The number of nitrogens with one attached hydrogen (secondary N) is 1. The zero-order chi connectivity index (χ0) is 15.3. The molecular formula is C18H28ClNO. The molecule has 0 amide bonds. The monoisotopic (exact) mass is 309 g/mol. The van der Waals surface area contributed by atoms with E-state index in [2.05, 4.69) is 30.4 Å². The van der Waals surface area contributed by atoms with Crippen LogP contribution < -0.4 is 5.32 Å². The highest BCUT2D eigenvalue weighted by atomic mass is 35.5. The van der Waals surface area contributed by atoms with E-state index >= 15 is 0 Å². The van der Waals surface area contributed by atoms with Crippen LogP contribution in [0.5, 0.6) is 0 Å². The van der Waals surface area contributed by atoms with Gasteiger partial charge in [0, 0.05) is 12.1 Å². The van der Waals surface area contributed by atoms with Crippen molar-refractivity contribution in [3.63, 3.8) is 0 Å². The Kier molecular flexibility index (Phi) is 6.09. The second-order valence-electron chi connectivity index (χ2n) is 6.18. The van der Waals surface area contributed by atoms with Gasteiger partial charge in [-0.05, 0) is 43.5 Å². The van der Waals surface area contributed by atoms with Crippen LogP contribution in [0.25, 0.3) is 0 Å². The molecule has 1 aliphatic rings. The molecule has 1 aromatic rings. The molecular weight excluding hydrogens is 282 g/mol. The molecule has 1 aliphatic carbocycles. The van der Waals surface area contributed by atoms with E-state index in [0.29, 0.717) is 0 Å². The van der Waals surface area contributed by atoms with E-state index in [9.17, 15) is 0 Å². The Morgan fingerprint density at radius 2 is 1.90 bits per heavy atom. The van der Waals surface area contributed by atoms with Crippen molar-refractivity contribution >= 4 is 11.6 Å². The highest BCUT2D eigenvalue weighted by Crippen LogP contribution is 2.40. The largest absolute Gasteiger partial charge is 0.376 e. The van der Waals surface area contributed by atoms with Crippen LogP contribution in [0.4, 0.5) is 0 Å². The summed E-state index contributed by atoms with van der Waals surface area (Å²) in [6.45, 7) is 5.14. The number of aryl methyl sites for hydroxylation is 1. The molecule has 1 aromatic carbocycles. The van der Waals surface area contributed by atoms with Gasteiger partial charge in [0.15, 0.2) is 0 Å². The first-order chi connectivity index (χ1) is 10.1. The Balaban J connectivity index is 2.36. The molecule has 0 heterocycles. The van der Waals surface area contributed by atoms with Gasteiger partial charge in [-0.3, -0.25) is 0 Å². The molecule has 0 bridgehead atoms. The molecule has 21 heavy (non-hydrogen) atoms. The lowest BCUT2D eigenvalue weighted by Gasteiger charge is -2.40. The van der Waals surface area contributed by atoms with Crippen LogP contribution in [0.2, 0.25) is 5.02 Å². The molecule has 1 N–H and O–H groups in total.